The van der Waals surface area contributed by atoms with E-state index >= 15 is 0 Å². The minimum atomic E-state index is 0.339. The highest BCUT2D eigenvalue weighted by Gasteiger charge is 2.04. The molecule has 0 radical (unpaired) electrons. The summed E-state index contributed by atoms with van der Waals surface area (Å²) in [6.07, 6.45) is 0. The number of hydrogen-bond acceptors (Lipinski definition) is 2. The van der Waals surface area contributed by atoms with E-state index in [9.17, 15) is 0 Å². The van der Waals surface area contributed by atoms with Crippen molar-refractivity contribution in [2.45, 2.75) is 13.5 Å². The second-order valence-electron chi connectivity index (χ2n) is 4.56. The average Bonchev–Trinajstić information content (AvgIpc) is 2.52. The highest BCUT2D eigenvalue weighted by molar-refractivity contribution is 6.19. The molecule has 2 aromatic carbocycles. The summed E-state index contributed by atoms with van der Waals surface area (Å²) >= 11 is 5.53. The van der Waals surface area contributed by atoms with Crippen LogP contribution >= 0.6 is 11.6 Å². The number of ether oxygens (including phenoxy) is 2. The summed E-state index contributed by atoms with van der Waals surface area (Å²) in [5.74, 6) is 7.76. The van der Waals surface area contributed by atoms with Crippen LogP contribution in [0, 0.1) is 18.8 Å². The van der Waals surface area contributed by atoms with E-state index in [1.807, 2.05) is 43.3 Å². The summed E-state index contributed by atoms with van der Waals surface area (Å²) < 4.78 is 11.1. The van der Waals surface area contributed by atoms with Gasteiger partial charge in [-0.05, 0) is 43.3 Å². The van der Waals surface area contributed by atoms with Gasteiger partial charge in [-0.15, -0.1) is 11.6 Å². The van der Waals surface area contributed by atoms with Crippen molar-refractivity contribution in [1.82, 2.24) is 0 Å². The molecule has 0 spiro atoms. The molecule has 0 atom stereocenters. The second kappa shape index (κ2) is 7.61. The van der Waals surface area contributed by atoms with Crippen LogP contribution in [0.1, 0.15) is 16.7 Å². The quantitative estimate of drug-likeness (QED) is 0.623. The van der Waals surface area contributed by atoms with Gasteiger partial charge in [-0.2, -0.15) is 0 Å². The van der Waals surface area contributed by atoms with Crippen LogP contribution in [0.25, 0.3) is 0 Å². The molecule has 0 aliphatic heterocycles. The van der Waals surface area contributed by atoms with Crippen molar-refractivity contribution >= 4 is 11.6 Å². The number of halogens is 1. The van der Waals surface area contributed by atoms with Gasteiger partial charge in [0.05, 0.1) is 13.0 Å². The molecule has 0 aromatic heterocycles. The maximum absolute atomic E-state index is 5.79. The smallest absolute Gasteiger partial charge is 0.125 e. The van der Waals surface area contributed by atoms with Gasteiger partial charge in [0.25, 0.3) is 0 Å². The van der Waals surface area contributed by atoms with E-state index in [1.165, 1.54) is 5.56 Å². The standard InChI is InChI=1S/C18H17ClO2/c1-14-5-10-18(20-2)16(12-14)13-21-17-8-6-15(7-9-17)4-3-11-19/h5-10,12H,11,13H2,1-2H3. The Morgan fingerprint density at radius 2 is 1.86 bits per heavy atom. The van der Waals surface area contributed by atoms with Crippen molar-refractivity contribution in [3.8, 4) is 23.3 Å². The molecular weight excluding hydrogens is 284 g/mol. The Kier molecular flexibility index (Phi) is 5.54. The molecule has 0 fully saturated rings. The zero-order chi connectivity index (χ0) is 15.1. The van der Waals surface area contributed by atoms with Crippen LogP contribution in [0.3, 0.4) is 0 Å². The summed E-state index contributed by atoms with van der Waals surface area (Å²) in [7, 11) is 1.67. The third-order valence-corrected chi connectivity index (χ3v) is 3.12. The van der Waals surface area contributed by atoms with Crippen molar-refractivity contribution in [2.75, 3.05) is 13.0 Å². The molecule has 0 saturated carbocycles. The van der Waals surface area contributed by atoms with Crippen molar-refractivity contribution in [1.29, 1.82) is 0 Å². The van der Waals surface area contributed by atoms with Crippen LogP contribution in [0.4, 0.5) is 0 Å². The van der Waals surface area contributed by atoms with Crippen LogP contribution in [0.15, 0.2) is 42.5 Å². The maximum atomic E-state index is 5.79. The molecule has 108 valence electrons. The van der Waals surface area contributed by atoms with Crippen LogP contribution < -0.4 is 9.47 Å². The second-order valence-corrected chi connectivity index (χ2v) is 4.83. The van der Waals surface area contributed by atoms with E-state index in [0.717, 1.165) is 22.6 Å². The third-order valence-electron chi connectivity index (χ3n) is 2.98. The minimum absolute atomic E-state index is 0.339. The van der Waals surface area contributed by atoms with E-state index in [0.29, 0.717) is 12.5 Å². The Hall–Kier alpha value is -2.11. The SMILES string of the molecule is COc1ccc(C)cc1COc1ccc(C#CCCl)cc1. The fourth-order valence-electron chi connectivity index (χ4n) is 1.95. The normalized spacial score (nSPS) is 9.67. The molecule has 0 aliphatic carbocycles. The molecule has 0 saturated heterocycles. The Morgan fingerprint density at radius 1 is 1.10 bits per heavy atom. The highest BCUT2D eigenvalue weighted by atomic mass is 35.5. The summed E-state index contributed by atoms with van der Waals surface area (Å²) in [6, 6.07) is 13.7. The molecule has 0 heterocycles. The molecule has 0 N–H and O–H groups in total. The lowest BCUT2D eigenvalue weighted by atomic mass is 10.1. The first kappa shape index (κ1) is 15.3. The van der Waals surface area contributed by atoms with Crippen molar-refractivity contribution in [2.24, 2.45) is 0 Å². The predicted molar refractivity (Wildman–Crippen MR) is 86.1 cm³/mol. The van der Waals surface area contributed by atoms with Crippen molar-refractivity contribution in [3.05, 3.63) is 59.2 Å². The monoisotopic (exact) mass is 300 g/mol. The molecule has 2 aromatic rings. The third kappa shape index (κ3) is 4.44. The fourth-order valence-corrected chi connectivity index (χ4v) is 2.02. The number of aryl methyl sites for hydroxylation is 1. The Balaban J connectivity index is 2.04. The van der Waals surface area contributed by atoms with Crippen LogP contribution in [0.5, 0.6) is 11.5 Å². The topological polar surface area (TPSA) is 18.5 Å². The largest absolute Gasteiger partial charge is 0.496 e. The van der Waals surface area contributed by atoms with E-state index in [2.05, 4.69) is 17.9 Å². The number of rotatable bonds is 4. The minimum Gasteiger partial charge on any atom is -0.496 e. The fraction of sp³-hybridized carbons (Fsp3) is 0.222. The summed E-state index contributed by atoms with van der Waals surface area (Å²) in [5, 5.41) is 0. The first-order valence-corrected chi connectivity index (χ1v) is 7.17. The lowest BCUT2D eigenvalue weighted by Gasteiger charge is -2.11. The molecule has 21 heavy (non-hydrogen) atoms. The Morgan fingerprint density at radius 3 is 2.52 bits per heavy atom. The van der Waals surface area contributed by atoms with Gasteiger partial charge in [0.15, 0.2) is 0 Å². The van der Waals surface area contributed by atoms with Gasteiger partial charge in [0.1, 0.15) is 18.1 Å². The molecule has 0 unspecified atom stereocenters. The van der Waals surface area contributed by atoms with Gasteiger partial charge in [0.2, 0.25) is 0 Å². The van der Waals surface area contributed by atoms with Gasteiger partial charge in [0, 0.05) is 11.1 Å². The predicted octanol–water partition coefficient (Wildman–Crippen LogP) is 4.17. The number of benzene rings is 2. The zero-order valence-corrected chi connectivity index (χ0v) is 12.9. The van der Waals surface area contributed by atoms with Gasteiger partial charge in [-0.25, -0.2) is 0 Å². The van der Waals surface area contributed by atoms with Gasteiger partial charge < -0.3 is 9.47 Å². The van der Waals surface area contributed by atoms with Crippen LogP contribution in [-0.2, 0) is 6.61 Å². The number of methoxy groups -OCH3 is 1. The Labute approximate surface area is 130 Å². The molecular formula is C18H17ClO2. The molecule has 0 aliphatic rings. The van der Waals surface area contributed by atoms with Crippen molar-refractivity contribution < 1.29 is 9.47 Å². The zero-order valence-electron chi connectivity index (χ0n) is 12.2. The summed E-state index contributed by atoms with van der Waals surface area (Å²) in [5.41, 5.74) is 3.14. The molecule has 2 nitrogen and oxygen atoms in total. The van der Waals surface area contributed by atoms with E-state index in [1.54, 1.807) is 7.11 Å². The Bertz CT molecular complexity index is 651. The van der Waals surface area contributed by atoms with Crippen molar-refractivity contribution in [3.63, 3.8) is 0 Å². The summed E-state index contributed by atoms with van der Waals surface area (Å²) in [4.78, 5) is 0. The van der Waals surface area contributed by atoms with E-state index in [4.69, 9.17) is 21.1 Å². The highest BCUT2D eigenvalue weighted by Crippen LogP contribution is 2.22. The van der Waals surface area contributed by atoms with E-state index in [-0.39, 0.29) is 0 Å². The number of hydrogen-bond donors (Lipinski definition) is 0. The summed E-state index contributed by atoms with van der Waals surface area (Å²) in [6.45, 7) is 2.52. The first-order chi connectivity index (χ1) is 10.2. The molecule has 0 amide bonds. The molecule has 0 bridgehead atoms. The van der Waals surface area contributed by atoms with Gasteiger partial charge in [-0.3, -0.25) is 0 Å². The van der Waals surface area contributed by atoms with Gasteiger partial charge >= 0.3 is 0 Å². The lowest BCUT2D eigenvalue weighted by Crippen LogP contribution is -1.99. The van der Waals surface area contributed by atoms with Gasteiger partial charge in [-0.1, -0.05) is 23.5 Å². The van der Waals surface area contributed by atoms with Crippen LogP contribution in [-0.4, -0.2) is 13.0 Å². The van der Waals surface area contributed by atoms with E-state index < -0.39 is 0 Å². The average molecular weight is 301 g/mol. The molecule has 3 heteroatoms. The first-order valence-electron chi connectivity index (χ1n) is 6.64. The lowest BCUT2D eigenvalue weighted by molar-refractivity contribution is 0.296. The maximum Gasteiger partial charge on any atom is 0.125 e. The van der Waals surface area contributed by atoms with Crippen LogP contribution in [0.2, 0.25) is 0 Å². The molecule has 2 rings (SSSR count). The number of alkyl halides is 1.